The summed E-state index contributed by atoms with van der Waals surface area (Å²) >= 11 is 0. The van der Waals surface area contributed by atoms with Gasteiger partial charge in [-0.25, -0.2) is 4.98 Å². The summed E-state index contributed by atoms with van der Waals surface area (Å²) in [5.74, 6) is -0.158. The van der Waals surface area contributed by atoms with Gasteiger partial charge < -0.3 is 15.3 Å². The molecule has 0 aliphatic carbocycles. The van der Waals surface area contributed by atoms with E-state index in [0.717, 1.165) is 0 Å². The Labute approximate surface area is 64.8 Å². The Morgan fingerprint density at radius 2 is 2.33 bits per heavy atom. The fourth-order valence-electron chi connectivity index (χ4n) is 0.830. The van der Waals surface area contributed by atoms with Crippen LogP contribution in [0.25, 0.3) is 5.53 Å². The van der Waals surface area contributed by atoms with Crippen molar-refractivity contribution in [2.75, 3.05) is 0 Å². The van der Waals surface area contributed by atoms with E-state index in [9.17, 15) is 4.79 Å². The Bertz CT molecular complexity index is 548. The number of aromatic nitrogens is 2. The molecule has 1 aromatic rings. The van der Waals surface area contributed by atoms with Crippen molar-refractivity contribution >= 4 is 5.96 Å². The Morgan fingerprint density at radius 1 is 1.50 bits per heavy atom. The zero-order valence-electron chi connectivity index (χ0n) is 5.72. The molecule has 12 heavy (non-hydrogen) atoms. The normalized spacial score (nSPS) is 12.8. The van der Waals surface area contributed by atoms with Crippen LogP contribution in [0.1, 0.15) is 0 Å². The number of aromatic amines is 1. The van der Waals surface area contributed by atoms with Gasteiger partial charge in [0.05, 0.1) is 6.33 Å². The molecule has 1 aliphatic rings. The van der Waals surface area contributed by atoms with Crippen LogP contribution in [0.15, 0.2) is 21.1 Å². The van der Waals surface area contributed by atoms with Crippen LogP contribution in [0, 0.1) is 0 Å². The summed E-state index contributed by atoms with van der Waals surface area (Å²) in [7, 11) is 0. The van der Waals surface area contributed by atoms with Gasteiger partial charge in [0.2, 0.25) is 0 Å². The van der Waals surface area contributed by atoms with Crippen LogP contribution < -0.4 is 16.4 Å². The van der Waals surface area contributed by atoms with Crippen LogP contribution in [-0.2, 0) is 0 Å². The van der Waals surface area contributed by atoms with Gasteiger partial charge in [-0.2, -0.15) is 0 Å². The lowest BCUT2D eigenvalue weighted by atomic mass is 10.6. The van der Waals surface area contributed by atoms with E-state index in [4.69, 9.17) is 5.53 Å². The number of nitrogens with zero attached hydrogens (tertiary/aromatic N) is 5. The molecule has 0 saturated heterocycles. The second-order valence-electron chi connectivity index (χ2n) is 2.03. The highest BCUT2D eigenvalue weighted by Gasteiger charge is 2.17. The van der Waals surface area contributed by atoms with E-state index in [1.54, 1.807) is 0 Å². The summed E-state index contributed by atoms with van der Waals surface area (Å²) in [4.78, 5) is 27.0. The first-order chi connectivity index (χ1) is 5.81. The van der Waals surface area contributed by atoms with Crippen molar-refractivity contribution in [3.8, 4) is 0 Å². The summed E-state index contributed by atoms with van der Waals surface area (Å²) in [5.41, 5.74) is 8.06. The van der Waals surface area contributed by atoms with Crippen LogP contribution in [-0.4, -0.2) is 20.7 Å². The van der Waals surface area contributed by atoms with Crippen molar-refractivity contribution < 1.29 is 4.79 Å². The molecule has 0 amide bonds. The maximum absolute atomic E-state index is 11.0. The molecule has 0 radical (unpaired) electrons. The van der Waals surface area contributed by atoms with Crippen LogP contribution >= 0.6 is 0 Å². The highest BCUT2D eigenvalue weighted by molar-refractivity contribution is 5.77. The molecular formula is C5H2N6O. The Kier molecular flexibility index (Phi) is 1.19. The van der Waals surface area contributed by atoms with Gasteiger partial charge in [-0.3, -0.25) is 4.79 Å². The van der Waals surface area contributed by atoms with Crippen molar-refractivity contribution in [3.63, 3.8) is 0 Å². The smallest absolute Gasteiger partial charge is 0.509 e. The monoisotopic (exact) mass is 162 g/mol. The van der Waals surface area contributed by atoms with Crippen LogP contribution in [0.4, 0.5) is 0 Å². The van der Waals surface area contributed by atoms with Gasteiger partial charge in [0.1, 0.15) is 0 Å². The summed E-state index contributed by atoms with van der Waals surface area (Å²) in [5, 5.41) is 0.0744. The quantitative estimate of drug-likeness (QED) is 0.339. The third-order valence-electron chi connectivity index (χ3n) is 1.32. The first kappa shape index (κ1) is 6.56. The number of H-pyrrole nitrogens is 1. The molecule has 0 spiro atoms. The minimum atomic E-state index is -0.401. The predicted octanol–water partition coefficient (Wildman–Crippen LogP) is -2.39. The molecule has 0 unspecified atom stereocenters. The summed E-state index contributed by atoms with van der Waals surface area (Å²) in [6.07, 6.45) is 1.21. The highest BCUT2D eigenvalue weighted by atomic mass is 16.1. The molecule has 0 fully saturated rings. The second kappa shape index (κ2) is 2.18. The summed E-state index contributed by atoms with van der Waals surface area (Å²) < 4.78 is 0. The Hall–Kier alpha value is -2.14. The van der Waals surface area contributed by atoms with Crippen molar-refractivity contribution in [1.82, 2.24) is 9.97 Å². The minimum Gasteiger partial charge on any atom is -0.542 e. The lowest BCUT2D eigenvalue weighted by Gasteiger charge is -1.72. The molecule has 1 N–H and O–H groups in total. The van der Waals surface area contributed by atoms with Crippen LogP contribution in [0.3, 0.4) is 0 Å². The zero-order valence-corrected chi connectivity index (χ0v) is 5.72. The number of fused-ring (bicyclic) bond motifs is 1. The molecule has 0 atom stereocenters. The molecule has 58 valence electrons. The van der Waals surface area contributed by atoms with Gasteiger partial charge in [-0.1, -0.05) is 0 Å². The van der Waals surface area contributed by atoms with Gasteiger partial charge in [-0.15, -0.1) is 0 Å². The minimum absolute atomic E-state index is 0.0744. The van der Waals surface area contributed by atoms with E-state index in [2.05, 4.69) is 24.7 Å². The molecular weight excluding hydrogens is 160 g/mol. The molecule has 0 bridgehead atoms. The van der Waals surface area contributed by atoms with Gasteiger partial charge in [0, 0.05) is 0 Å². The van der Waals surface area contributed by atoms with E-state index in [1.807, 2.05) is 0 Å². The van der Waals surface area contributed by atoms with Crippen molar-refractivity contribution in [2.24, 2.45) is 9.98 Å². The Balaban J connectivity index is 3.04. The number of nitrogens with one attached hydrogen (secondary N) is 1. The van der Waals surface area contributed by atoms with E-state index in [-0.39, 0.29) is 16.8 Å². The van der Waals surface area contributed by atoms with Gasteiger partial charge >= 0.3 is 5.96 Å². The molecule has 0 aromatic carbocycles. The number of hydrogen-bond donors (Lipinski definition) is 1. The average molecular weight is 162 g/mol. The molecule has 0 saturated carbocycles. The standard InChI is InChI=1S/C5H2N6O/c6-11-5-9-2-3(10-5)7-1-8-4(2)12/h1H,(H,7,8,10,12). The maximum Gasteiger partial charge on any atom is 0.509 e. The molecule has 1 aliphatic heterocycles. The SMILES string of the molecule is [N-]=[N+]=C1N=c2nc[nH]c(=O)c2=N1. The van der Waals surface area contributed by atoms with Crippen molar-refractivity contribution in [3.05, 3.63) is 33.1 Å². The van der Waals surface area contributed by atoms with E-state index in [1.165, 1.54) is 6.33 Å². The summed E-state index contributed by atoms with van der Waals surface area (Å²) in [6.45, 7) is 0. The number of hydrogen-bond acceptors (Lipinski definition) is 2. The van der Waals surface area contributed by atoms with E-state index in [0.29, 0.717) is 0 Å². The molecule has 2 rings (SSSR count). The lowest BCUT2D eigenvalue weighted by molar-refractivity contribution is -0.00840. The molecule has 1 aromatic heterocycles. The topological polar surface area (TPSA) is 107 Å². The first-order valence-electron chi connectivity index (χ1n) is 3.04. The average Bonchev–Trinajstić information content (AvgIpc) is 2.49. The van der Waals surface area contributed by atoms with Gasteiger partial charge in [0.15, 0.2) is 0 Å². The molecule has 7 heteroatoms. The van der Waals surface area contributed by atoms with Gasteiger partial charge in [-0.05, 0) is 9.98 Å². The lowest BCUT2D eigenvalue weighted by Crippen LogP contribution is -2.40. The zero-order chi connectivity index (χ0) is 8.55. The molecule has 2 heterocycles. The predicted molar refractivity (Wildman–Crippen MR) is 35.8 cm³/mol. The fraction of sp³-hybridized carbons (Fsp3) is 0. The number of guanidine groups is 1. The fourth-order valence-corrected chi connectivity index (χ4v) is 0.830. The molecule has 7 nitrogen and oxygen atoms in total. The van der Waals surface area contributed by atoms with Crippen LogP contribution in [0.2, 0.25) is 0 Å². The third-order valence-corrected chi connectivity index (χ3v) is 1.32. The van der Waals surface area contributed by atoms with E-state index < -0.39 is 5.56 Å². The van der Waals surface area contributed by atoms with Crippen molar-refractivity contribution in [2.45, 2.75) is 0 Å². The van der Waals surface area contributed by atoms with Gasteiger partial charge in [0.25, 0.3) is 16.4 Å². The maximum atomic E-state index is 11.0. The largest absolute Gasteiger partial charge is 0.542 e. The van der Waals surface area contributed by atoms with E-state index >= 15 is 0 Å². The Morgan fingerprint density at radius 3 is 3.00 bits per heavy atom. The number of rotatable bonds is 0. The van der Waals surface area contributed by atoms with Crippen LogP contribution in [0.5, 0.6) is 0 Å². The third kappa shape index (κ3) is 0.774. The van der Waals surface area contributed by atoms with Crippen molar-refractivity contribution in [1.29, 1.82) is 0 Å². The summed E-state index contributed by atoms with van der Waals surface area (Å²) in [6, 6.07) is 0. The first-order valence-corrected chi connectivity index (χ1v) is 3.04. The second-order valence-corrected chi connectivity index (χ2v) is 2.03. The highest BCUT2D eigenvalue weighted by Crippen LogP contribution is 1.74.